The fraction of sp³-hybridized carbons (Fsp3) is 0.267. The molecule has 0 aromatic heterocycles. The molecule has 1 aliphatic heterocycles. The van der Waals surface area contributed by atoms with Gasteiger partial charge in [-0.05, 0) is 48.1 Å². The molecular formula is C15H14O3. The van der Waals surface area contributed by atoms with E-state index in [1.54, 1.807) is 0 Å². The van der Waals surface area contributed by atoms with Crippen LogP contribution in [0.2, 0.25) is 0 Å². The first-order valence-electron chi connectivity index (χ1n) is 6.11. The van der Waals surface area contributed by atoms with E-state index in [0.717, 1.165) is 48.2 Å². The number of carbonyl (C=O) groups excluding carboxylic acids is 1. The largest absolute Gasteiger partial charge is 0.454 e. The van der Waals surface area contributed by atoms with E-state index in [0.29, 0.717) is 6.79 Å². The predicted octanol–water partition coefficient (Wildman–Crippen LogP) is 3.11. The first-order valence-corrected chi connectivity index (χ1v) is 6.11. The van der Waals surface area contributed by atoms with Crippen LogP contribution in [0.25, 0.3) is 6.08 Å². The second kappa shape index (κ2) is 4.69. The number of allylic oxidation sites excluding steroid dienone is 3. The molecule has 0 fully saturated rings. The first-order chi connectivity index (χ1) is 8.85. The van der Waals surface area contributed by atoms with E-state index in [2.05, 4.69) is 6.08 Å². The summed E-state index contributed by atoms with van der Waals surface area (Å²) in [5.74, 6) is 1.59. The van der Waals surface area contributed by atoms with E-state index in [4.69, 9.17) is 9.47 Å². The van der Waals surface area contributed by atoms with Crippen LogP contribution in [-0.2, 0) is 4.79 Å². The zero-order chi connectivity index (χ0) is 12.4. The number of ether oxygens (including phenoxy) is 2. The van der Waals surface area contributed by atoms with E-state index < -0.39 is 0 Å². The van der Waals surface area contributed by atoms with Crippen molar-refractivity contribution < 1.29 is 14.3 Å². The van der Waals surface area contributed by atoms with E-state index in [-0.39, 0.29) is 0 Å². The second-order valence-corrected chi connectivity index (χ2v) is 4.52. The van der Waals surface area contributed by atoms with Crippen LogP contribution in [-0.4, -0.2) is 13.1 Å². The van der Waals surface area contributed by atoms with Gasteiger partial charge in [-0.2, -0.15) is 0 Å². The number of fused-ring (bicyclic) bond motifs is 1. The minimum absolute atomic E-state index is 0.296. The smallest absolute Gasteiger partial charge is 0.231 e. The fourth-order valence-corrected chi connectivity index (χ4v) is 2.30. The molecule has 0 bridgehead atoms. The summed E-state index contributed by atoms with van der Waals surface area (Å²) < 4.78 is 10.6. The van der Waals surface area contributed by atoms with Crippen LogP contribution in [0.1, 0.15) is 24.8 Å². The molecule has 0 unspecified atom stereocenters. The Bertz CT molecular complexity index is 541. The van der Waals surface area contributed by atoms with Gasteiger partial charge in [-0.15, -0.1) is 0 Å². The third-order valence-electron chi connectivity index (χ3n) is 3.20. The molecule has 0 N–H and O–H groups in total. The number of aldehydes is 1. The molecule has 0 amide bonds. The molecule has 0 saturated carbocycles. The van der Waals surface area contributed by atoms with Crippen molar-refractivity contribution in [2.75, 3.05) is 6.79 Å². The zero-order valence-electron chi connectivity index (χ0n) is 10.0. The predicted molar refractivity (Wildman–Crippen MR) is 68.5 cm³/mol. The summed E-state index contributed by atoms with van der Waals surface area (Å²) >= 11 is 0. The van der Waals surface area contributed by atoms with Crippen molar-refractivity contribution in [3.05, 3.63) is 41.0 Å². The molecule has 2 aliphatic rings. The molecule has 0 radical (unpaired) electrons. The Morgan fingerprint density at radius 2 is 2.00 bits per heavy atom. The number of hydrogen-bond acceptors (Lipinski definition) is 3. The average molecular weight is 242 g/mol. The quantitative estimate of drug-likeness (QED) is 0.747. The third-order valence-corrected chi connectivity index (χ3v) is 3.20. The topological polar surface area (TPSA) is 35.5 Å². The Labute approximate surface area is 106 Å². The molecular weight excluding hydrogens is 228 g/mol. The minimum atomic E-state index is 0.296. The molecule has 1 heterocycles. The summed E-state index contributed by atoms with van der Waals surface area (Å²) in [5, 5.41) is 0. The lowest BCUT2D eigenvalue weighted by Gasteiger charge is -2.11. The van der Waals surface area contributed by atoms with Gasteiger partial charge >= 0.3 is 0 Å². The summed E-state index contributed by atoms with van der Waals surface area (Å²) in [6.07, 6.45) is 7.99. The van der Waals surface area contributed by atoms with Crippen molar-refractivity contribution in [3.8, 4) is 11.5 Å². The molecule has 92 valence electrons. The maximum atomic E-state index is 10.8. The highest BCUT2D eigenvalue weighted by Gasteiger charge is 2.13. The van der Waals surface area contributed by atoms with Crippen LogP contribution in [0.3, 0.4) is 0 Å². The minimum Gasteiger partial charge on any atom is -0.454 e. The Hall–Kier alpha value is -2.03. The highest BCUT2D eigenvalue weighted by Crippen LogP contribution is 2.33. The van der Waals surface area contributed by atoms with Gasteiger partial charge in [0.05, 0.1) is 0 Å². The van der Waals surface area contributed by atoms with Crippen molar-refractivity contribution in [1.29, 1.82) is 0 Å². The lowest BCUT2D eigenvalue weighted by molar-refractivity contribution is -0.105. The van der Waals surface area contributed by atoms with Crippen LogP contribution in [0.5, 0.6) is 11.5 Å². The molecule has 3 nitrogen and oxygen atoms in total. The van der Waals surface area contributed by atoms with E-state index >= 15 is 0 Å². The SMILES string of the molecule is O=CC1=C/C(=C/c2ccc3c(c2)OCO3)CCC1. The van der Waals surface area contributed by atoms with Crippen molar-refractivity contribution in [3.63, 3.8) is 0 Å². The number of benzene rings is 1. The molecule has 1 aromatic carbocycles. The van der Waals surface area contributed by atoms with E-state index in [1.165, 1.54) is 5.57 Å². The standard InChI is InChI=1S/C15H14O3/c16-9-13-3-1-2-11(7-13)6-12-4-5-14-15(8-12)18-10-17-14/h4-9H,1-3,10H2/b11-6+. The lowest BCUT2D eigenvalue weighted by Crippen LogP contribution is -1.95. The molecule has 3 rings (SSSR count). The van der Waals surface area contributed by atoms with Crippen molar-refractivity contribution in [2.45, 2.75) is 19.3 Å². The summed E-state index contributed by atoms with van der Waals surface area (Å²) in [4.78, 5) is 10.8. The second-order valence-electron chi connectivity index (χ2n) is 4.52. The van der Waals surface area contributed by atoms with Crippen LogP contribution in [0.15, 0.2) is 35.4 Å². The van der Waals surface area contributed by atoms with Gasteiger partial charge in [-0.3, -0.25) is 4.79 Å². The van der Waals surface area contributed by atoms with Gasteiger partial charge in [-0.1, -0.05) is 18.2 Å². The van der Waals surface area contributed by atoms with E-state index in [9.17, 15) is 4.79 Å². The summed E-state index contributed by atoms with van der Waals surface area (Å²) in [5.41, 5.74) is 3.16. The average Bonchev–Trinajstić information content (AvgIpc) is 2.86. The molecule has 1 aliphatic carbocycles. The number of hydrogen-bond donors (Lipinski definition) is 0. The summed E-state index contributed by atoms with van der Waals surface area (Å²) in [6.45, 7) is 0.296. The normalized spacial score (nSPS) is 19.8. The molecule has 0 saturated heterocycles. The van der Waals surface area contributed by atoms with Crippen LogP contribution in [0, 0.1) is 0 Å². The van der Waals surface area contributed by atoms with Gasteiger partial charge in [0, 0.05) is 0 Å². The van der Waals surface area contributed by atoms with Crippen molar-refractivity contribution in [2.24, 2.45) is 0 Å². The number of rotatable bonds is 2. The molecule has 0 atom stereocenters. The van der Waals surface area contributed by atoms with Gasteiger partial charge in [0.1, 0.15) is 6.29 Å². The Morgan fingerprint density at radius 1 is 1.11 bits per heavy atom. The van der Waals surface area contributed by atoms with Gasteiger partial charge in [0.2, 0.25) is 6.79 Å². The van der Waals surface area contributed by atoms with Crippen molar-refractivity contribution >= 4 is 12.4 Å². The van der Waals surface area contributed by atoms with Gasteiger partial charge in [-0.25, -0.2) is 0 Å². The highest BCUT2D eigenvalue weighted by molar-refractivity contribution is 5.76. The Morgan fingerprint density at radius 3 is 2.89 bits per heavy atom. The molecule has 1 aromatic rings. The summed E-state index contributed by atoms with van der Waals surface area (Å²) in [6, 6.07) is 5.89. The van der Waals surface area contributed by atoms with Gasteiger partial charge in [0.25, 0.3) is 0 Å². The van der Waals surface area contributed by atoms with Gasteiger partial charge < -0.3 is 9.47 Å². The zero-order valence-corrected chi connectivity index (χ0v) is 10.0. The first kappa shape index (κ1) is 11.1. The molecule has 3 heteroatoms. The number of carbonyl (C=O) groups is 1. The van der Waals surface area contributed by atoms with Gasteiger partial charge in [0.15, 0.2) is 11.5 Å². The lowest BCUT2D eigenvalue weighted by atomic mass is 9.94. The van der Waals surface area contributed by atoms with E-state index in [1.807, 2.05) is 24.3 Å². The maximum absolute atomic E-state index is 10.8. The molecule has 18 heavy (non-hydrogen) atoms. The third kappa shape index (κ3) is 2.16. The van der Waals surface area contributed by atoms with Crippen LogP contribution in [0.4, 0.5) is 0 Å². The monoisotopic (exact) mass is 242 g/mol. The van der Waals surface area contributed by atoms with Crippen LogP contribution < -0.4 is 9.47 Å². The highest BCUT2D eigenvalue weighted by atomic mass is 16.7. The molecule has 0 spiro atoms. The maximum Gasteiger partial charge on any atom is 0.231 e. The summed E-state index contributed by atoms with van der Waals surface area (Å²) in [7, 11) is 0. The van der Waals surface area contributed by atoms with Crippen LogP contribution >= 0.6 is 0 Å². The van der Waals surface area contributed by atoms with Crippen molar-refractivity contribution in [1.82, 2.24) is 0 Å². The Balaban J connectivity index is 1.89. The fourth-order valence-electron chi connectivity index (χ4n) is 2.30. The Kier molecular flexibility index (Phi) is 2.89.